The third-order valence-electron chi connectivity index (χ3n) is 3.08. The van der Waals surface area contributed by atoms with Crippen LogP contribution in [0.15, 0.2) is 23.1 Å². The molecule has 0 fully saturated rings. The average Bonchev–Trinajstić information content (AvgIpc) is 2.39. The molecule has 6 heteroatoms. The monoisotopic (exact) mass is 299 g/mol. The van der Waals surface area contributed by atoms with Crippen LogP contribution in [0.3, 0.4) is 0 Å². The Labute approximate surface area is 120 Å². The second-order valence-corrected chi connectivity index (χ2v) is 6.42. The maximum Gasteiger partial charge on any atom is 0.321 e. The van der Waals surface area contributed by atoms with E-state index in [2.05, 4.69) is 0 Å². The van der Waals surface area contributed by atoms with Crippen molar-refractivity contribution in [3.63, 3.8) is 0 Å². The lowest BCUT2D eigenvalue weighted by molar-refractivity contribution is -0.143. The molecule has 0 radical (unpaired) electrons. The fraction of sp³-hybridized carbons (Fsp3) is 0.500. The number of carbonyl (C=O) groups is 1. The molecule has 0 N–H and O–H groups in total. The number of rotatable bonds is 6. The second-order valence-electron chi connectivity index (χ2n) is 4.48. The van der Waals surface area contributed by atoms with E-state index in [1.807, 2.05) is 13.8 Å². The van der Waals surface area contributed by atoms with E-state index in [1.165, 1.54) is 0 Å². The van der Waals surface area contributed by atoms with Crippen LogP contribution in [0.5, 0.6) is 0 Å². The molecule has 0 spiro atoms. The summed E-state index contributed by atoms with van der Waals surface area (Å²) in [6.07, 6.45) is 0. The van der Waals surface area contributed by atoms with Gasteiger partial charge in [-0.05, 0) is 44.0 Å². The zero-order valence-corrected chi connectivity index (χ0v) is 13.2. The zero-order valence-electron chi connectivity index (χ0n) is 12.3. The second kappa shape index (κ2) is 6.85. The van der Waals surface area contributed by atoms with E-state index in [-0.39, 0.29) is 24.6 Å². The van der Waals surface area contributed by atoms with Crippen molar-refractivity contribution in [3.8, 4) is 0 Å². The molecule has 20 heavy (non-hydrogen) atoms. The highest BCUT2D eigenvalue weighted by atomic mass is 32.2. The number of aryl methyl sites for hydroxylation is 2. The van der Waals surface area contributed by atoms with Crippen molar-refractivity contribution < 1.29 is 17.9 Å². The number of likely N-dealkylation sites (N-methyl/N-ethyl adjacent to an activating group) is 1. The maximum absolute atomic E-state index is 12.5. The predicted molar refractivity (Wildman–Crippen MR) is 77.0 cm³/mol. The summed E-state index contributed by atoms with van der Waals surface area (Å²) in [5.74, 6) is -0.540. The Morgan fingerprint density at radius 2 is 1.85 bits per heavy atom. The molecule has 0 aliphatic rings. The van der Waals surface area contributed by atoms with Gasteiger partial charge in [-0.25, -0.2) is 8.42 Å². The van der Waals surface area contributed by atoms with Crippen LogP contribution in [-0.4, -0.2) is 38.4 Å². The van der Waals surface area contributed by atoms with Gasteiger partial charge in [0.2, 0.25) is 10.0 Å². The van der Waals surface area contributed by atoms with E-state index < -0.39 is 16.0 Å². The van der Waals surface area contributed by atoms with E-state index in [1.54, 1.807) is 32.0 Å². The van der Waals surface area contributed by atoms with Crippen LogP contribution in [-0.2, 0) is 19.6 Å². The molecule has 5 nitrogen and oxygen atoms in total. The summed E-state index contributed by atoms with van der Waals surface area (Å²) in [7, 11) is -3.67. The van der Waals surface area contributed by atoms with E-state index in [4.69, 9.17) is 4.74 Å². The molecule has 0 aromatic heterocycles. The molecular weight excluding hydrogens is 278 g/mol. The van der Waals surface area contributed by atoms with Gasteiger partial charge in [0.25, 0.3) is 0 Å². The van der Waals surface area contributed by atoms with Crippen molar-refractivity contribution in [2.24, 2.45) is 0 Å². The van der Waals surface area contributed by atoms with E-state index in [9.17, 15) is 13.2 Å². The van der Waals surface area contributed by atoms with Crippen molar-refractivity contribution in [1.29, 1.82) is 0 Å². The lowest BCUT2D eigenvalue weighted by atomic mass is 10.1. The van der Waals surface area contributed by atoms with Crippen molar-refractivity contribution in [2.75, 3.05) is 19.7 Å². The summed E-state index contributed by atoms with van der Waals surface area (Å²) in [6.45, 7) is 7.34. The first-order valence-corrected chi connectivity index (χ1v) is 8.00. The van der Waals surface area contributed by atoms with Crippen LogP contribution in [0.25, 0.3) is 0 Å². The highest BCUT2D eigenvalue weighted by molar-refractivity contribution is 7.89. The summed E-state index contributed by atoms with van der Waals surface area (Å²) < 4.78 is 30.9. The molecule has 1 rings (SSSR count). The minimum atomic E-state index is -3.67. The molecule has 1 aromatic carbocycles. The topological polar surface area (TPSA) is 63.7 Å². The smallest absolute Gasteiger partial charge is 0.321 e. The van der Waals surface area contributed by atoms with Gasteiger partial charge in [0.1, 0.15) is 6.54 Å². The summed E-state index contributed by atoms with van der Waals surface area (Å²) in [5, 5.41) is 0. The van der Waals surface area contributed by atoms with Gasteiger partial charge in [-0.2, -0.15) is 4.31 Å². The van der Waals surface area contributed by atoms with Gasteiger partial charge >= 0.3 is 5.97 Å². The Morgan fingerprint density at radius 3 is 2.35 bits per heavy atom. The van der Waals surface area contributed by atoms with Crippen LogP contribution in [0.1, 0.15) is 25.0 Å². The van der Waals surface area contributed by atoms with Gasteiger partial charge in [0.05, 0.1) is 11.5 Å². The Balaban J connectivity index is 3.05. The van der Waals surface area contributed by atoms with Crippen molar-refractivity contribution >= 4 is 16.0 Å². The summed E-state index contributed by atoms with van der Waals surface area (Å²) in [5.41, 5.74) is 1.93. The quantitative estimate of drug-likeness (QED) is 0.752. The first-order valence-electron chi connectivity index (χ1n) is 6.56. The molecule has 0 aliphatic carbocycles. The van der Waals surface area contributed by atoms with Gasteiger partial charge in [-0.1, -0.05) is 13.0 Å². The largest absolute Gasteiger partial charge is 0.465 e. The third-order valence-corrected chi connectivity index (χ3v) is 5.00. The number of sulfonamides is 1. The number of nitrogens with zero attached hydrogens (tertiary/aromatic N) is 1. The maximum atomic E-state index is 12.5. The predicted octanol–water partition coefficient (Wildman–Crippen LogP) is 1.88. The van der Waals surface area contributed by atoms with Crippen molar-refractivity contribution in [3.05, 3.63) is 29.3 Å². The molecule has 0 atom stereocenters. The molecule has 112 valence electrons. The van der Waals surface area contributed by atoms with Crippen molar-refractivity contribution in [1.82, 2.24) is 4.31 Å². The summed E-state index contributed by atoms with van der Waals surface area (Å²) >= 11 is 0. The minimum absolute atomic E-state index is 0.201. The van der Waals surface area contributed by atoms with Gasteiger partial charge in [0, 0.05) is 6.54 Å². The molecule has 0 saturated heterocycles. The Hall–Kier alpha value is -1.40. The molecule has 0 bridgehead atoms. The van der Waals surface area contributed by atoms with E-state index in [0.29, 0.717) is 0 Å². The number of hydrogen-bond donors (Lipinski definition) is 0. The zero-order chi connectivity index (χ0) is 15.3. The van der Waals surface area contributed by atoms with E-state index >= 15 is 0 Å². The standard InChI is InChI=1S/C14H21NO4S/c1-5-15(10-14(16)19-6-2)20(17,18)13-8-7-11(3)12(4)9-13/h7-9H,5-6,10H2,1-4H3. The highest BCUT2D eigenvalue weighted by Crippen LogP contribution is 2.19. The van der Waals surface area contributed by atoms with Crippen LogP contribution in [0.2, 0.25) is 0 Å². The number of ether oxygens (including phenoxy) is 1. The van der Waals surface area contributed by atoms with Crippen LogP contribution in [0.4, 0.5) is 0 Å². The van der Waals surface area contributed by atoms with Crippen LogP contribution >= 0.6 is 0 Å². The van der Waals surface area contributed by atoms with E-state index in [0.717, 1.165) is 15.4 Å². The van der Waals surface area contributed by atoms with Crippen LogP contribution < -0.4 is 0 Å². The fourth-order valence-corrected chi connectivity index (χ4v) is 3.22. The van der Waals surface area contributed by atoms with Gasteiger partial charge in [-0.15, -0.1) is 0 Å². The first kappa shape index (κ1) is 16.7. The summed E-state index contributed by atoms with van der Waals surface area (Å²) in [6, 6.07) is 4.95. The highest BCUT2D eigenvalue weighted by Gasteiger charge is 2.25. The normalized spacial score (nSPS) is 11.7. The summed E-state index contributed by atoms with van der Waals surface area (Å²) in [4.78, 5) is 11.7. The lowest BCUT2D eigenvalue weighted by Gasteiger charge is -2.20. The van der Waals surface area contributed by atoms with Gasteiger partial charge in [0.15, 0.2) is 0 Å². The molecular formula is C14H21NO4S. The molecule has 0 saturated carbocycles. The molecule has 0 aliphatic heterocycles. The Kier molecular flexibility index (Phi) is 5.71. The Bertz CT molecular complexity index is 581. The Morgan fingerprint density at radius 1 is 1.20 bits per heavy atom. The molecule has 0 unspecified atom stereocenters. The fourth-order valence-electron chi connectivity index (χ4n) is 1.74. The molecule has 0 amide bonds. The van der Waals surface area contributed by atoms with Gasteiger partial charge in [-0.3, -0.25) is 4.79 Å². The first-order chi connectivity index (χ1) is 9.32. The number of esters is 1. The minimum Gasteiger partial charge on any atom is -0.465 e. The van der Waals surface area contributed by atoms with Crippen LogP contribution in [0, 0.1) is 13.8 Å². The average molecular weight is 299 g/mol. The molecule has 0 heterocycles. The third kappa shape index (κ3) is 3.80. The van der Waals surface area contributed by atoms with Gasteiger partial charge < -0.3 is 4.74 Å². The lowest BCUT2D eigenvalue weighted by Crippen LogP contribution is -2.36. The molecule has 1 aromatic rings. The SMILES string of the molecule is CCOC(=O)CN(CC)S(=O)(=O)c1ccc(C)c(C)c1. The number of benzene rings is 1. The van der Waals surface area contributed by atoms with Crippen molar-refractivity contribution in [2.45, 2.75) is 32.6 Å². The number of hydrogen-bond acceptors (Lipinski definition) is 4. The number of carbonyl (C=O) groups excluding carboxylic acids is 1.